The smallest absolute Gasteiger partial charge is 0.166 e. The monoisotopic (exact) mass is 796 g/mol. The average molecular weight is 797 g/mol. The lowest BCUT2D eigenvalue weighted by atomic mass is 10.0. The Bertz CT molecular complexity index is 3900. The maximum atomic E-state index is 6.61. The zero-order chi connectivity index (χ0) is 40.0. The Morgan fingerprint density at radius 3 is 1.90 bits per heavy atom. The van der Waals surface area contributed by atoms with Crippen molar-refractivity contribution < 1.29 is 4.42 Å². The summed E-state index contributed by atoms with van der Waals surface area (Å²) < 4.78 is 11.4. The molecule has 0 N–H and O–H groups in total. The second kappa shape index (κ2) is 13.3. The largest absolute Gasteiger partial charge is 0.456 e. The normalized spacial score (nSPS) is 11.9. The van der Waals surface area contributed by atoms with Crippen molar-refractivity contribution in [1.82, 2.24) is 19.5 Å². The summed E-state index contributed by atoms with van der Waals surface area (Å²) in [5.74, 6) is 1.77. The van der Waals surface area contributed by atoms with Gasteiger partial charge in [0.15, 0.2) is 17.5 Å². The highest BCUT2D eigenvalue weighted by Gasteiger charge is 2.25. The fourth-order valence-electron chi connectivity index (χ4n) is 9.21. The van der Waals surface area contributed by atoms with Gasteiger partial charge in [0.25, 0.3) is 0 Å². The lowest BCUT2D eigenvalue weighted by Crippen LogP contribution is -2.04. The maximum absolute atomic E-state index is 6.61. The fraction of sp³-hybridized carbons (Fsp3) is 0. The van der Waals surface area contributed by atoms with E-state index in [9.17, 15) is 0 Å². The molecule has 0 aliphatic heterocycles. The maximum Gasteiger partial charge on any atom is 0.166 e. The van der Waals surface area contributed by atoms with Gasteiger partial charge < -0.3 is 8.98 Å². The molecule has 13 aromatic rings. The summed E-state index contributed by atoms with van der Waals surface area (Å²) in [6, 6.07) is 68.5. The van der Waals surface area contributed by atoms with Crippen molar-refractivity contribution in [1.29, 1.82) is 0 Å². The molecular weight excluding hydrogens is 765 g/mol. The molecule has 4 heterocycles. The Balaban J connectivity index is 1.14. The SMILES string of the molecule is c1ccc(-c2cccc(-c3nc(-c4ccc5c(c4)sc4ccccc45)nc(-c4c(-n5c6ccccc6c6cc7ccccc7cc65)ccc5oc6ccccc6c45)n3)c2)cc1. The molecule has 6 heteroatoms. The van der Waals surface area contributed by atoms with Crippen molar-refractivity contribution in [3.63, 3.8) is 0 Å². The molecule has 0 spiro atoms. The van der Waals surface area contributed by atoms with Gasteiger partial charge in [-0.1, -0.05) is 140 Å². The summed E-state index contributed by atoms with van der Waals surface area (Å²) in [5, 5.41) is 9.19. The van der Waals surface area contributed by atoms with Gasteiger partial charge in [-0.15, -0.1) is 11.3 Å². The van der Waals surface area contributed by atoms with Gasteiger partial charge in [0, 0.05) is 52.8 Å². The van der Waals surface area contributed by atoms with E-state index in [0.717, 1.165) is 66.5 Å². The molecule has 9 aromatic carbocycles. The second-order valence-corrected chi connectivity index (χ2v) is 16.6. The molecule has 284 valence electrons. The summed E-state index contributed by atoms with van der Waals surface area (Å²) in [5.41, 5.74) is 9.68. The fourth-order valence-corrected chi connectivity index (χ4v) is 10.4. The minimum atomic E-state index is 0.570. The molecule has 4 aromatic heterocycles. The molecule has 0 saturated heterocycles. The number of nitrogens with zero attached hydrogens (tertiary/aromatic N) is 4. The number of benzene rings is 9. The Hall–Kier alpha value is -7.93. The molecular formula is C55H32N4OS. The predicted octanol–water partition coefficient (Wildman–Crippen LogP) is 15.1. The van der Waals surface area contributed by atoms with Crippen LogP contribution in [0.1, 0.15) is 0 Å². The zero-order valence-electron chi connectivity index (χ0n) is 32.6. The van der Waals surface area contributed by atoms with Gasteiger partial charge >= 0.3 is 0 Å². The Kier molecular flexibility index (Phi) is 7.41. The van der Waals surface area contributed by atoms with E-state index in [1.807, 2.05) is 18.2 Å². The minimum absolute atomic E-state index is 0.570. The van der Waals surface area contributed by atoms with Gasteiger partial charge in [-0.3, -0.25) is 0 Å². The average Bonchev–Trinajstić information content (AvgIpc) is 4.00. The van der Waals surface area contributed by atoms with Crippen molar-refractivity contribution in [2.45, 2.75) is 0 Å². The Morgan fingerprint density at radius 2 is 1.03 bits per heavy atom. The van der Waals surface area contributed by atoms with Gasteiger partial charge in [0.2, 0.25) is 0 Å². The van der Waals surface area contributed by atoms with Crippen molar-refractivity contribution >= 4 is 86.0 Å². The highest BCUT2D eigenvalue weighted by atomic mass is 32.1. The third-order valence-corrected chi connectivity index (χ3v) is 13.2. The lowest BCUT2D eigenvalue weighted by molar-refractivity contribution is 0.669. The standard InChI is InChI=1S/C55H32N4OS/c1-2-13-33(14-3-1)34-17-12-18-37(29-34)53-56-54(38-25-26-41-40-20-8-11-24-49(40)61-50(41)32-38)58-55(57-53)52-45(27-28-48-51(52)42-21-7-10-23-47(42)60-48)59-44-22-9-6-19-39(44)43-30-35-15-4-5-16-36(35)31-46(43)59/h1-32H. The molecule has 13 rings (SSSR count). The number of para-hydroxylation sites is 2. The number of fused-ring (bicyclic) bond motifs is 10. The first-order valence-electron chi connectivity index (χ1n) is 20.4. The van der Waals surface area contributed by atoms with Crippen LogP contribution in [0.15, 0.2) is 199 Å². The quantitative estimate of drug-likeness (QED) is 0.174. The van der Waals surface area contributed by atoms with Crippen LogP contribution in [-0.2, 0) is 0 Å². The number of hydrogen-bond acceptors (Lipinski definition) is 5. The molecule has 0 aliphatic rings. The van der Waals surface area contributed by atoms with Crippen LogP contribution in [0.4, 0.5) is 0 Å². The van der Waals surface area contributed by atoms with E-state index in [1.165, 1.54) is 41.7 Å². The van der Waals surface area contributed by atoms with E-state index in [2.05, 4.69) is 180 Å². The Labute approximate surface area is 353 Å². The van der Waals surface area contributed by atoms with Crippen molar-refractivity contribution in [3.8, 4) is 51.0 Å². The molecule has 0 atom stereocenters. The third-order valence-electron chi connectivity index (χ3n) is 12.0. The molecule has 0 saturated carbocycles. The summed E-state index contributed by atoms with van der Waals surface area (Å²) in [4.78, 5) is 16.3. The van der Waals surface area contributed by atoms with E-state index in [0.29, 0.717) is 17.5 Å². The Morgan fingerprint density at radius 1 is 0.377 bits per heavy atom. The lowest BCUT2D eigenvalue weighted by Gasteiger charge is -2.16. The molecule has 0 radical (unpaired) electrons. The number of hydrogen-bond donors (Lipinski definition) is 0. The minimum Gasteiger partial charge on any atom is -0.456 e. The van der Waals surface area contributed by atoms with Crippen LogP contribution < -0.4 is 0 Å². The van der Waals surface area contributed by atoms with Crippen LogP contribution in [0, 0.1) is 0 Å². The van der Waals surface area contributed by atoms with Crippen LogP contribution in [-0.4, -0.2) is 19.5 Å². The van der Waals surface area contributed by atoms with Crippen LogP contribution >= 0.6 is 11.3 Å². The number of thiophene rings is 1. The van der Waals surface area contributed by atoms with Gasteiger partial charge in [-0.05, 0) is 76.5 Å². The van der Waals surface area contributed by atoms with E-state index in [1.54, 1.807) is 11.3 Å². The van der Waals surface area contributed by atoms with Gasteiger partial charge in [0.05, 0.1) is 22.3 Å². The van der Waals surface area contributed by atoms with Crippen LogP contribution in [0.5, 0.6) is 0 Å². The summed E-state index contributed by atoms with van der Waals surface area (Å²) in [6.07, 6.45) is 0. The molecule has 0 fully saturated rings. The molecule has 61 heavy (non-hydrogen) atoms. The van der Waals surface area contributed by atoms with E-state index in [-0.39, 0.29) is 0 Å². The summed E-state index contributed by atoms with van der Waals surface area (Å²) in [7, 11) is 0. The highest BCUT2D eigenvalue weighted by Crippen LogP contribution is 2.44. The third kappa shape index (κ3) is 5.36. The molecule has 0 unspecified atom stereocenters. The summed E-state index contributed by atoms with van der Waals surface area (Å²) in [6.45, 7) is 0. The van der Waals surface area contributed by atoms with Crippen LogP contribution in [0.2, 0.25) is 0 Å². The van der Waals surface area contributed by atoms with Crippen LogP contribution in [0.25, 0.3) is 126 Å². The number of furan rings is 1. The first kappa shape index (κ1) is 34.0. The molecule has 0 amide bonds. The van der Waals surface area contributed by atoms with E-state index >= 15 is 0 Å². The van der Waals surface area contributed by atoms with Gasteiger partial charge in [-0.25, -0.2) is 15.0 Å². The zero-order valence-corrected chi connectivity index (χ0v) is 33.4. The highest BCUT2D eigenvalue weighted by molar-refractivity contribution is 7.25. The van der Waals surface area contributed by atoms with Gasteiger partial charge in [0.1, 0.15) is 11.2 Å². The van der Waals surface area contributed by atoms with Crippen molar-refractivity contribution in [2.24, 2.45) is 0 Å². The first-order valence-corrected chi connectivity index (χ1v) is 21.2. The first-order chi connectivity index (χ1) is 30.2. The predicted molar refractivity (Wildman–Crippen MR) is 254 cm³/mol. The van der Waals surface area contributed by atoms with Gasteiger partial charge in [-0.2, -0.15) is 0 Å². The number of aromatic nitrogens is 4. The van der Waals surface area contributed by atoms with Crippen molar-refractivity contribution in [3.05, 3.63) is 194 Å². The molecule has 5 nitrogen and oxygen atoms in total. The topological polar surface area (TPSA) is 56.7 Å². The van der Waals surface area contributed by atoms with E-state index in [4.69, 9.17) is 19.4 Å². The number of rotatable bonds is 5. The molecule has 0 aliphatic carbocycles. The molecule has 0 bridgehead atoms. The van der Waals surface area contributed by atoms with Crippen LogP contribution in [0.3, 0.4) is 0 Å². The summed E-state index contributed by atoms with van der Waals surface area (Å²) >= 11 is 1.79. The van der Waals surface area contributed by atoms with E-state index < -0.39 is 0 Å². The van der Waals surface area contributed by atoms with Crippen molar-refractivity contribution in [2.75, 3.05) is 0 Å². The second-order valence-electron chi connectivity index (χ2n) is 15.6.